The second-order valence-electron chi connectivity index (χ2n) is 5.18. The molecule has 3 heteroatoms. The Morgan fingerprint density at radius 1 is 1.20 bits per heavy atom. The summed E-state index contributed by atoms with van der Waals surface area (Å²) >= 11 is 0. The van der Waals surface area contributed by atoms with Crippen molar-refractivity contribution in [2.45, 2.75) is 19.9 Å². The van der Waals surface area contributed by atoms with Crippen LogP contribution in [0.2, 0.25) is 0 Å². The largest absolute Gasteiger partial charge is 0.312 e. The van der Waals surface area contributed by atoms with Crippen LogP contribution in [0.5, 0.6) is 0 Å². The molecule has 20 heavy (non-hydrogen) atoms. The molecule has 0 amide bonds. The van der Waals surface area contributed by atoms with E-state index in [9.17, 15) is 9.18 Å². The predicted molar refractivity (Wildman–Crippen MR) is 76.4 cm³/mol. The van der Waals surface area contributed by atoms with E-state index in [2.05, 4.69) is 5.32 Å². The number of nitrogens with one attached hydrogen (secondary N) is 1. The van der Waals surface area contributed by atoms with Gasteiger partial charge < -0.3 is 5.32 Å². The van der Waals surface area contributed by atoms with Crippen molar-refractivity contribution >= 4 is 5.78 Å². The number of aryl methyl sites for hydroxylation is 1. The number of ketones is 1. The molecule has 0 saturated heterocycles. The summed E-state index contributed by atoms with van der Waals surface area (Å²) in [5, 5.41) is 3.28. The van der Waals surface area contributed by atoms with Crippen LogP contribution >= 0.6 is 0 Å². The molecule has 0 aliphatic carbocycles. The number of fused-ring (bicyclic) bond motifs is 1. The monoisotopic (exact) mass is 269 g/mol. The van der Waals surface area contributed by atoms with Crippen LogP contribution in [-0.4, -0.2) is 12.3 Å². The zero-order chi connectivity index (χ0) is 14.1. The van der Waals surface area contributed by atoms with Crippen molar-refractivity contribution in [1.82, 2.24) is 5.32 Å². The minimum atomic E-state index is -0.452. The lowest BCUT2D eigenvalue weighted by atomic mass is 9.90. The zero-order valence-corrected chi connectivity index (χ0v) is 11.4. The quantitative estimate of drug-likeness (QED) is 0.849. The molecule has 2 aromatic rings. The molecule has 0 fully saturated rings. The fraction of sp³-hybridized carbons (Fsp3) is 0.235. The van der Waals surface area contributed by atoms with Gasteiger partial charge in [0.05, 0.1) is 5.56 Å². The SMILES string of the molecule is Cc1ccc(F)c(C(=O)c2cccc3c2CCNC3)c1. The standard InChI is InChI=1S/C17H16FNO/c1-11-5-6-16(18)15(9-11)17(20)14-4-2-3-12-10-19-8-7-13(12)14/h2-6,9,19H,7-8,10H2,1H3. The van der Waals surface area contributed by atoms with Gasteiger partial charge in [0, 0.05) is 12.1 Å². The van der Waals surface area contributed by atoms with Crippen LogP contribution in [0.4, 0.5) is 4.39 Å². The lowest BCUT2D eigenvalue weighted by Gasteiger charge is -2.20. The highest BCUT2D eigenvalue weighted by Crippen LogP contribution is 2.23. The van der Waals surface area contributed by atoms with Gasteiger partial charge in [0.25, 0.3) is 0 Å². The molecule has 3 rings (SSSR count). The molecule has 0 saturated carbocycles. The van der Waals surface area contributed by atoms with Crippen molar-refractivity contribution in [3.63, 3.8) is 0 Å². The van der Waals surface area contributed by atoms with Crippen LogP contribution in [0.15, 0.2) is 36.4 Å². The summed E-state index contributed by atoms with van der Waals surface area (Å²) in [5.41, 5.74) is 3.87. The highest BCUT2D eigenvalue weighted by molar-refractivity contribution is 6.10. The first-order valence-electron chi connectivity index (χ1n) is 6.79. The fourth-order valence-corrected chi connectivity index (χ4v) is 2.70. The van der Waals surface area contributed by atoms with Gasteiger partial charge in [0.15, 0.2) is 5.78 Å². The highest BCUT2D eigenvalue weighted by atomic mass is 19.1. The van der Waals surface area contributed by atoms with Gasteiger partial charge in [-0.2, -0.15) is 0 Å². The summed E-state index contributed by atoms with van der Waals surface area (Å²) in [6.45, 7) is 3.49. The van der Waals surface area contributed by atoms with Gasteiger partial charge in [-0.05, 0) is 43.1 Å². The minimum absolute atomic E-state index is 0.164. The molecule has 0 bridgehead atoms. The Bertz CT molecular complexity index is 679. The van der Waals surface area contributed by atoms with Crippen LogP contribution in [0.1, 0.15) is 32.6 Å². The van der Waals surface area contributed by atoms with E-state index in [0.29, 0.717) is 5.56 Å². The topological polar surface area (TPSA) is 29.1 Å². The van der Waals surface area contributed by atoms with E-state index >= 15 is 0 Å². The van der Waals surface area contributed by atoms with Gasteiger partial charge in [-0.1, -0.05) is 29.8 Å². The van der Waals surface area contributed by atoms with Crippen LogP contribution in [0, 0.1) is 12.7 Å². The number of halogens is 1. The Kier molecular flexibility index (Phi) is 3.36. The number of benzene rings is 2. The normalized spacial score (nSPS) is 13.9. The predicted octanol–water partition coefficient (Wildman–Crippen LogP) is 3.01. The maximum Gasteiger partial charge on any atom is 0.196 e. The van der Waals surface area contributed by atoms with Crippen molar-refractivity contribution < 1.29 is 9.18 Å². The van der Waals surface area contributed by atoms with E-state index in [4.69, 9.17) is 0 Å². The minimum Gasteiger partial charge on any atom is -0.312 e. The van der Waals surface area contributed by atoms with Crippen LogP contribution in [0.3, 0.4) is 0 Å². The lowest BCUT2D eigenvalue weighted by molar-refractivity contribution is 0.103. The molecule has 0 aromatic heterocycles. The van der Waals surface area contributed by atoms with E-state index in [1.807, 2.05) is 19.1 Å². The summed E-state index contributed by atoms with van der Waals surface area (Å²) in [5.74, 6) is -0.669. The molecular formula is C17H16FNO. The molecule has 0 atom stereocenters. The number of carbonyl (C=O) groups excluding carboxylic acids is 1. The van der Waals surface area contributed by atoms with Gasteiger partial charge in [-0.25, -0.2) is 4.39 Å². The molecule has 0 spiro atoms. The van der Waals surface area contributed by atoms with Crippen LogP contribution in [0.25, 0.3) is 0 Å². The van der Waals surface area contributed by atoms with Gasteiger partial charge in [-0.15, -0.1) is 0 Å². The van der Waals surface area contributed by atoms with E-state index in [-0.39, 0.29) is 11.3 Å². The first kappa shape index (κ1) is 13.0. The maximum absolute atomic E-state index is 13.9. The third kappa shape index (κ3) is 2.25. The Labute approximate surface area is 117 Å². The van der Waals surface area contributed by atoms with E-state index in [1.165, 1.54) is 6.07 Å². The molecule has 1 N–H and O–H groups in total. The van der Waals surface area contributed by atoms with Gasteiger partial charge in [0.2, 0.25) is 0 Å². The smallest absolute Gasteiger partial charge is 0.196 e. The molecule has 1 aliphatic heterocycles. The Balaban J connectivity index is 2.09. The molecule has 2 aromatic carbocycles. The van der Waals surface area contributed by atoms with Crippen molar-refractivity contribution in [2.75, 3.05) is 6.54 Å². The Morgan fingerprint density at radius 2 is 2.05 bits per heavy atom. The van der Waals surface area contributed by atoms with E-state index in [0.717, 1.165) is 36.2 Å². The summed E-state index contributed by atoms with van der Waals surface area (Å²) in [4.78, 5) is 12.6. The Hall–Kier alpha value is -2.00. The zero-order valence-electron chi connectivity index (χ0n) is 11.4. The summed E-state index contributed by atoms with van der Waals surface area (Å²) in [6.07, 6.45) is 0.810. The molecular weight excluding hydrogens is 253 g/mol. The molecule has 0 unspecified atom stereocenters. The first-order chi connectivity index (χ1) is 9.66. The maximum atomic E-state index is 13.9. The average Bonchev–Trinajstić information content (AvgIpc) is 2.48. The van der Waals surface area contributed by atoms with Gasteiger partial charge in [-0.3, -0.25) is 4.79 Å². The number of hydrogen-bond acceptors (Lipinski definition) is 2. The third-order valence-electron chi connectivity index (χ3n) is 3.75. The molecule has 0 radical (unpaired) electrons. The van der Waals surface area contributed by atoms with Crippen molar-refractivity contribution in [3.05, 3.63) is 70.0 Å². The molecule has 1 aliphatic rings. The van der Waals surface area contributed by atoms with Crippen molar-refractivity contribution in [3.8, 4) is 0 Å². The number of carbonyl (C=O) groups is 1. The lowest BCUT2D eigenvalue weighted by Crippen LogP contribution is -2.25. The number of rotatable bonds is 2. The first-order valence-corrected chi connectivity index (χ1v) is 6.79. The second-order valence-corrected chi connectivity index (χ2v) is 5.18. The fourth-order valence-electron chi connectivity index (χ4n) is 2.70. The van der Waals surface area contributed by atoms with Crippen LogP contribution < -0.4 is 5.32 Å². The number of hydrogen-bond donors (Lipinski definition) is 1. The molecule has 1 heterocycles. The second kappa shape index (κ2) is 5.17. The van der Waals surface area contributed by atoms with Crippen LogP contribution in [-0.2, 0) is 13.0 Å². The van der Waals surface area contributed by atoms with Gasteiger partial charge >= 0.3 is 0 Å². The molecule has 2 nitrogen and oxygen atoms in total. The molecule has 102 valence electrons. The van der Waals surface area contributed by atoms with Gasteiger partial charge in [0.1, 0.15) is 5.82 Å². The summed E-state index contributed by atoms with van der Waals surface area (Å²) in [6, 6.07) is 10.3. The highest BCUT2D eigenvalue weighted by Gasteiger charge is 2.20. The summed E-state index contributed by atoms with van der Waals surface area (Å²) in [7, 11) is 0. The summed E-state index contributed by atoms with van der Waals surface area (Å²) < 4.78 is 13.9. The van der Waals surface area contributed by atoms with E-state index < -0.39 is 5.82 Å². The Morgan fingerprint density at radius 3 is 2.90 bits per heavy atom. The third-order valence-corrected chi connectivity index (χ3v) is 3.75. The van der Waals surface area contributed by atoms with Crippen molar-refractivity contribution in [2.24, 2.45) is 0 Å². The van der Waals surface area contributed by atoms with E-state index in [1.54, 1.807) is 18.2 Å². The van der Waals surface area contributed by atoms with Crippen molar-refractivity contribution in [1.29, 1.82) is 0 Å². The average molecular weight is 269 g/mol.